The third-order valence-corrected chi connectivity index (χ3v) is 3.76. The van der Waals surface area contributed by atoms with Crippen LogP contribution in [-0.2, 0) is 0 Å². The third kappa shape index (κ3) is 2.69. The fourth-order valence-electron chi connectivity index (χ4n) is 2.62. The SMILES string of the molecule is Nc1cc(NCC2CCN(C3CC3)C2)ccn1. The summed E-state index contributed by atoms with van der Waals surface area (Å²) < 4.78 is 0. The molecule has 0 spiro atoms. The van der Waals surface area contributed by atoms with Crippen LogP contribution < -0.4 is 11.1 Å². The average molecular weight is 232 g/mol. The van der Waals surface area contributed by atoms with E-state index in [0.717, 1.165) is 24.2 Å². The van der Waals surface area contributed by atoms with Crippen molar-refractivity contribution in [3.05, 3.63) is 18.3 Å². The minimum absolute atomic E-state index is 0.584. The van der Waals surface area contributed by atoms with Gasteiger partial charge in [0, 0.05) is 37.1 Å². The van der Waals surface area contributed by atoms with Gasteiger partial charge in [-0.2, -0.15) is 0 Å². The zero-order valence-corrected chi connectivity index (χ0v) is 10.1. The van der Waals surface area contributed by atoms with Gasteiger partial charge in [-0.05, 0) is 37.8 Å². The summed E-state index contributed by atoms with van der Waals surface area (Å²) in [5.74, 6) is 1.37. The third-order valence-electron chi connectivity index (χ3n) is 3.76. The number of aromatic nitrogens is 1. The summed E-state index contributed by atoms with van der Waals surface area (Å²) in [6, 6.07) is 4.79. The Morgan fingerprint density at radius 3 is 3.06 bits per heavy atom. The van der Waals surface area contributed by atoms with E-state index >= 15 is 0 Å². The van der Waals surface area contributed by atoms with Gasteiger partial charge < -0.3 is 16.0 Å². The fourth-order valence-corrected chi connectivity index (χ4v) is 2.62. The predicted octanol–water partition coefficient (Wildman–Crippen LogP) is 1.56. The second-order valence-electron chi connectivity index (χ2n) is 5.23. The molecule has 0 amide bonds. The first-order chi connectivity index (χ1) is 8.31. The van der Waals surface area contributed by atoms with Crippen LogP contribution in [0.4, 0.5) is 11.5 Å². The Kier molecular flexibility index (Phi) is 2.89. The Bertz CT molecular complexity index is 389. The summed E-state index contributed by atoms with van der Waals surface area (Å²) in [6.45, 7) is 3.60. The number of nitrogen functional groups attached to an aromatic ring is 1. The molecule has 92 valence electrons. The van der Waals surface area contributed by atoms with Crippen LogP contribution in [-0.4, -0.2) is 35.6 Å². The van der Waals surface area contributed by atoms with Crippen LogP contribution >= 0.6 is 0 Å². The highest BCUT2D eigenvalue weighted by atomic mass is 15.2. The maximum atomic E-state index is 5.65. The first-order valence-electron chi connectivity index (χ1n) is 6.51. The Morgan fingerprint density at radius 2 is 2.29 bits per heavy atom. The second-order valence-corrected chi connectivity index (χ2v) is 5.23. The van der Waals surface area contributed by atoms with E-state index in [1.807, 2.05) is 12.1 Å². The lowest BCUT2D eigenvalue weighted by Gasteiger charge is -2.15. The number of nitrogens with one attached hydrogen (secondary N) is 1. The number of hydrogen-bond donors (Lipinski definition) is 2. The van der Waals surface area contributed by atoms with Crippen LogP contribution in [0.15, 0.2) is 18.3 Å². The summed E-state index contributed by atoms with van der Waals surface area (Å²) in [7, 11) is 0. The van der Waals surface area contributed by atoms with Crippen molar-refractivity contribution in [2.75, 3.05) is 30.7 Å². The number of anilines is 2. The molecular formula is C13H20N4. The average Bonchev–Trinajstić information content (AvgIpc) is 3.07. The summed E-state index contributed by atoms with van der Waals surface area (Å²) in [4.78, 5) is 6.64. The molecule has 1 unspecified atom stereocenters. The molecule has 4 nitrogen and oxygen atoms in total. The fraction of sp³-hybridized carbons (Fsp3) is 0.615. The number of pyridine rings is 1. The van der Waals surface area contributed by atoms with Crippen molar-refractivity contribution >= 4 is 11.5 Å². The van der Waals surface area contributed by atoms with E-state index in [2.05, 4.69) is 15.2 Å². The monoisotopic (exact) mass is 232 g/mol. The van der Waals surface area contributed by atoms with E-state index < -0.39 is 0 Å². The highest BCUT2D eigenvalue weighted by molar-refractivity contribution is 5.49. The molecule has 2 fully saturated rings. The zero-order valence-electron chi connectivity index (χ0n) is 10.1. The molecule has 1 saturated heterocycles. The molecule has 4 heteroatoms. The van der Waals surface area contributed by atoms with Crippen molar-refractivity contribution in [2.24, 2.45) is 5.92 Å². The van der Waals surface area contributed by atoms with Crippen LogP contribution in [0, 0.1) is 5.92 Å². The van der Waals surface area contributed by atoms with E-state index in [1.54, 1.807) is 6.20 Å². The van der Waals surface area contributed by atoms with Gasteiger partial charge in [0.25, 0.3) is 0 Å². The van der Waals surface area contributed by atoms with Gasteiger partial charge in [0.1, 0.15) is 5.82 Å². The van der Waals surface area contributed by atoms with Crippen molar-refractivity contribution in [2.45, 2.75) is 25.3 Å². The van der Waals surface area contributed by atoms with Crippen LogP contribution in [0.2, 0.25) is 0 Å². The first kappa shape index (κ1) is 10.8. The van der Waals surface area contributed by atoms with Crippen LogP contribution in [0.1, 0.15) is 19.3 Å². The second kappa shape index (κ2) is 4.53. The van der Waals surface area contributed by atoms with Gasteiger partial charge in [0.05, 0.1) is 0 Å². The van der Waals surface area contributed by atoms with Gasteiger partial charge in [-0.25, -0.2) is 4.98 Å². The van der Waals surface area contributed by atoms with Gasteiger partial charge >= 0.3 is 0 Å². The molecule has 2 heterocycles. The Hall–Kier alpha value is -1.29. The first-order valence-corrected chi connectivity index (χ1v) is 6.51. The summed E-state index contributed by atoms with van der Waals surface area (Å²) in [6.07, 6.45) is 5.91. The lowest BCUT2D eigenvalue weighted by Crippen LogP contribution is -2.24. The molecule has 1 atom stereocenters. The number of likely N-dealkylation sites (tertiary alicyclic amines) is 1. The van der Waals surface area contributed by atoms with Crippen molar-refractivity contribution in [3.8, 4) is 0 Å². The molecule has 0 aromatic carbocycles. The van der Waals surface area contributed by atoms with Gasteiger partial charge in [0.15, 0.2) is 0 Å². The molecule has 2 aliphatic rings. The molecular weight excluding hydrogens is 212 g/mol. The topological polar surface area (TPSA) is 54.2 Å². The molecule has 1 aromatic rings. The molecule has 1 aliphatic heterocycles. The molecule has 1 aliphatic carbocycles. The minimum atomic E-state index is 0.584. The molecule has 0 radical (unpaired) electrons. The Morgan fingerprint density at radius 1 is 1.41 bits per heavy atom. The number of nitrogens with zero attached hydrogens (tertiary/aromatic N) is 2. The number of rotatable bonds is 4. The predicted molar refractivity (Wildman–Crippen MR) is 69.8 cm³/mol. The highest BCUT2D eigenvalue weighted by Gasteiger charge is 2.34. The van der Waals surface area contributed by atoms with Crippen LogP contribution in [0.5, 0.6) is 0 Å². The molecule has 0 bridgehead atoms. The van der Waals surface area contributed by atoms with Crippen molar-refractivity contribution < 1.29 is 0 Å². The summed E-state index contributed by atoms with van der Waals surface area (Å²) >= 11 is 0. The smallest absolute Gasteiger partial charge is 0.125 e. The molecule has 1 saturated carbocycles. The highest BCUT2D eigenvalue weighted by Crippen LogP contribution is 2.31. The van der Waals surface area contributed by atoms with Crippen LogP contribution in [0.3, 0.4) is 0 Å². The van der Waals surface area contributed by atoms with Gasteiger partial charge in [-0.1, -0.05) is 0 Å². The summed E-state index contributed by atoms with van der Waals surface area (Å²) in [5.41, 5.74) is 6.74. The number of nitrogens with two attached hydrogens (primary N) is 1. The van der Waals surface area contributed by atoms with E-state index in [1.165, 1.54) is 32.4 Å². The van der Waals surface area contributed by atoms with Gasteiger partial charge in [0.2, 0.25) is 0 Å². The largest absolute Gasteiger partial charge is 0.385 e. The molecule has 3 rings (SSSR count). The van der Waals surface area contributed by atoms with E-state index in [4.69, 9.17) is 5.73 Å². The lowest BCUT2D eigenvalue weighted by atomic mass is 10.1. The van der Waals surface area contributed by atoms with Crippen molar-refractivity contribution in [1.82, 2.24) is 9.88 Å². The van der Waals surface area contributed by atoms with E-state index in [0.29, 0.717) is 5.82 Å². The van der Waals surface area contributed by atoms with Crippen molar-refractivity contribution in [1.29, 1.82) is 0 Å². The maximum absolute atomic E-state index is 5.65. The standard InChI is InChI=1S/C13H20N4/c14-13-7-11(3-5-15-13)16-8-10-4-6-17(9-10)12-1-2-12/h3,5,7,10,12H,1-2,4,6,8-9H2,(H3,14,15,16). The molecule has 3 N–H and O–H groups in total. The minimum Gasteiger partial charge on any atom is -0.385 e. The zero-order chi connectivity index (χ0) is 11.7. The van der Waals surface area contributed by atoms with E-state index in [-0.39, 0.29) is 0 Å². The molecule has 17 heavy (non-hydrogen) atoms. The molecule has 1 aromatic heterocycles. The lowest BCUT2D eigenvalue weighted by molar-refractivity contribution is 0.316. The normalized spacial score (nSPS) is 25.1. The van der Waals surface area contributed by atoms with Gasteiger partial charge in [-0.15, -0.1) is 0 Å². The van der Waals surface area contributed by atoms with Gasteiger partial charge in [-0.3, -0.25) is 0 Å². The maximum Gasteiger partial charge on any atom is 0.125 e. The van der Waals surface area contributed by atoms with Crippen LogP contribution in [0.25, 0.3) is 0 Å². The number of hydrogen-bond acceptors (Lipinski definition) is 4. The quantitative estimate of drug-likeness (QED) is 0.827. The van der Waals surface area contributed by atoms with Crippen molar-refractivity contribution in [3.63, 3.8) is 0 Å². The summed E-state index contributed by atoms with van der Waals surface area (Å²) in [5, 5.41) is 3.46. The van der Waals surface area contributed by atoms with E-state index in [9.17, 15) is 0 Å². The Balaban J connectivity index is 1.48. The Labute approximate surface area is 102 Å².